The Labute approximate surface area is 62.2 Å². The zero-order chi connectivity index (χ0) is 8.15. The molecular formula is C8H16O2. The zero-order valence-electron chi connectivity index (χ0n) is 6.92. The standard InChI is InChI=1S/C8H16O2/c1-6(2)4-7(3)5-8(9)10/h6-7H,4-5H2,1-3H3,(H,9,10)/t7-/m1/s1. The molecule has 0 aromatic rings. The molecule has 0 heterocycles. The van der Waals surface area contributed by atoms with Crippen molar-refractivity contribution in [1.82, 2.24) is 0 Å². The van der Waals surface area contributed by atoms with Crippen LogP contribution in [0.1, 0.15) is 33.6 Å². The smallest absolute Gasteiger partial charge is 0.303 e. The Hall–Kier alpha value is -0.530. The van der Waals surface area contributed by atoms with Gasteiger partial charge in [-0.05, 0) is 18.3 Å². The van der Waals surface area contributed by atoms with Crippen LogP contribution in [0.4, 0.5) is 0 Å². The summed E-state index contributed by atoms with van der Waals surface area (Å²) in [6, 6.07) is 0. The van der Waals surface area contributed by atoms with Crippen molar-refractivity contribution in [2.45, 2.75) is 33.6 Å². The van der Waals surface area contributed by atoms with Crippen molar-refractivity contribution < 1.29 is 9.90 Å². The zero-order valence-corrected chi connectivity index (χ0v) is 6.92. The largest absolute Gasteiger partial charge is 0.481 e. The van der Waals surface area contributed by atoms with E-state index in [9.17, 15) is 4.79 Å². The Morgan fingerprint density at radius 1 is 1.40 bits per heavy atom. The van der Waals surface area contributed by atoms with Crippen LogP contribution in [0.5, 0.6) is 0 Å². The summed E-state index contributed by atoms with van der Waals surface area (Å²) < 4.78 is 0. The van der Waals surface area contributed by atoms with E-state index in [0.717, 1.165) is 6.42 Å². The first-order valence-corrected chi connectivity index (χ1v) is 3.74. The molecule has 2 heteroatoms. The molecule has 0 unspecified atom stereocenters. The van der Waals surface area contributed by atoms with Crippen molar-refractivity contribution in [3.8, 4) is 0 Å². The van der Waals surface area contributed by atoms with Gasteiger partial charge in [-0.15, -0.1) is 0 Å². The fourth-order valence-electron chi connectivity index (χ4n) is 1.19. The highest BCUT2D eigenvalue weighted by Gasteiger charge is 2.08. The quantitative estimate of drug-likeness (QED) is 0.656. The molecule has 10 heavy (non-hydrogen) atoms. The SMILES string of the molecule is CC(C)C[C@@H](C)CC(=O)O. The van der Waals surface area contributed by atoms with Gasteiger partial charge in [0, 0.05) is 6.42 Å². The number of hydrogen-bond donors (Lipinski definition) is 1. The summed E-state index contributed by atoms with van der Waals surface area (Å²) in [5.41, 5.74) is 0. The van der Waals surface area contributed by atoms with Gasteiger partial charge in [-0.25, -0.2) is 0 Å². The normalized spacial score (nSPS) is 13.6. The van der Waals surface area contributed by atoms with Crippen LogP contribution in [0.15, 0.2) is 0 Å². The predicted molar refractivity (Wildman–Crippen MR) is 40.9 cm³/mol. The number of carbonyl (C=O) groups is 1. The first-order valence-electron chi connectivity index (χ1n) is 3.74. The third-order valence-electron chi connectivity index (χ3n) is 1.40. The fourth-order valence-corrected chi connectivity index (χ4v) is 1.19. The third-order valence-corrected chi connectivity index (χ3v) is 1.40. The van der Waals surface area contributed by atoms with Gasteiger partial charge in [0.2, 0.25) is 0 Å². The lowest BCUT2D eigenvalue weighted by Gasteiger charge is -2.10. The molecule has 0 radical (unpaired) electrons. The highest BCUT2D eigenvalue weighted by molar-refractivity contribution is 5.66. The second-order valence-electron chi connectivity index (χ2n) is 3.33. The maximum atomic E-state index is 10.2. The van der Waals surface area contributed by atoms with Crippen molar-refractivity contribution in [2.75, 3.05) is 0 Å². The topological polar surface area (TPSA) is 37.3 Å². The summed E-state index contributed by atoms with van der Waals surface area (Å²) in [7, 11) is 0. The average Bonchev–Trinajstić information content (AvgIpc) is 1.58. The first-order chi connectivity index (χ1) is 4.52. The van der Waals surface area contributed by atoms with E-state index in [2.05, 4.69) is 13.8 Å². The van der Waals surface area contributed by atoms with Gasteiger partial charge in [-0.1, -0.05) is 20.8 Å². The minimum atomic E-state index is -0.687. The molecule has 0 rings (SSSR count). The van der Waals surface area contributed by atoms with Gasteiger partial charge in [0.15, 0.2) is 0 Å². The van der Waals surface area contributed by atoms with Crippen molar-refractivity contribution >= 4 is 5.97 Å². The minimum absolute atomic E-state index is 0.304. The highest BCUT2D eigenvalue weighted by atomic mass is 16.4. The molecule has 0 spiro atoms. The fraction of sp³-hybridized carbons (Fsp3) is 0.875. The van der Waals surface area contributed by atoms with E-state index in [-0.39, 0.29) is 0 Å². The monoisotopic (exact) mass is 144 g/mol. The number of aliphatic carboxylic acids is 1. The molecule has 1 atom stereocenters. The lowest BCUT2D eigenvalue weighted by atomic mass is 9.96. The second-order valence-corrected chi connectivity index (χ2v) is 3.33. The Morgan fingerprint density at radius 2 is 1.90 bits per heavy atom. The van der Waals surface area contributed by atoms with Gasteiger partial charge >= 0.3 is 5.97 Å². The highest BCUT2D eigenvalue weighted by Crippen LogP contribution is 2.13. The number of carboxylic acid groups (broad SMARTS) is 1. The van der Waals surface area contributed by atoms with Crippen LogP contribution in [0.25, 0.3) is 0 Å². The molecule has 0 fully saturated rings. The van der Waals surface area contributed by atoms with E-state index in [0.29, 0.717) is 18.3 Å². The number of carboxylic acids is 1. The third kappa shape index (κ3) is 5.60. The van der Waals surface area contributed by atoms with Crippen molar-refractivity contribution in [1.29, 1.82) is 0 Å². The average molecular weight is 144 g/mol. The predicted octanol–water partition coefficient (Wildman–Crippen LogP) is 2.14. The van der Waals surface area contributed by atoms with Crippen LogP contribution in [0.3, 0.4) is 0 Å². The molecule has 0 bridgehead atoms. The molecule has 0 aliphatic heterocycles. The van der Waals surface area contributed by atoms with Crippen molar-refractivity contribution in [3.05, 3.63) is 0 Å². The summed E-state index contributed by atoms with van der Waals surface area (Å²) in [6.07, 6.45) is 1.31. The van der Waals surface area contributed by atoms with Crippen LogP contribution in [0, 0.1) is 11.8 Å². The van der Waals surface area contributed by atoms with Crippen LogP contribution < -0.4 is 0 Å². The summed E-state index contributed by atoms with van der Waals surface area (Å²) in [5.74, 6) is 0.236. The van der Waals surface area contributed by atoms with Crippen LogP contribution in [0.2, 0.25) is 0 Å². The van der Waals surface area contributed by atoms with Gasteiger partial charge < -0.3 is 5.11 Å². The van der Waals surface area contributed by atoms with Crippen LogP contribution in [-0.2, 0) is 4.79 Å². The minimum Gasteiger partial charge on any atom is -0.481 e. The van der Waals surface area contributed by atoms with Crippen LogP contribution in [-0.4, -0.2) is 11.1 Å². The Kier molecular flexibility index (Phi) is 4.08. The number of rotatable bonds is 4. The Morgan fingerprint density at radius 3 is 2.20 bits per heavy atom. The number of hydrogen-bond acceptors (Lipinski definition) is 1. The molecular weight excluding hydrogens is 128 g/mol. The van der Waals surface area contributed by atoms with Crippen LogP contribution >= 0.6 is 0 Å². The lowest BCUT2D eigenvalue weighted by Crippen LogP contribution is -2.06. The molecule has 0 aromatic carbocycles. The van der Waals surface area contributed by atoms with Gasteiger partial charge in [0.05, 0.1) is 0 Å². The molecule has 2 nitrogen and oxygen atoms in total. The van der Waals surface area contributed by atoms with Gasteiger partial charge in [-0.3, -0.25) is 4.79 Å². The van der Waals surface area contributed by atoms with E-state index >= 15 is 0 Å². The van der Waals surface area contributed by atoms with Gasteiger partial charge in [-0.2, -0.15) is 0 Å². The molecule has 0 aliphatic rings. The van der Waals surface area contributed by atoms with E-state index < -0.39 is 5.97 Å². The van der Waals surface area contributed by atoms with E-state index in [4.69, 9.17) is 5.11 Å². The van der Waals surface area contributed by atoms with E-state index in [1.54, 1.807) is 0 Å². The van der Waals surface area contributed by atoms with Gasteiger partial charge in [0.1, 0.15) is 0 Å². The second kappa shape index (κ2) is 4.31. The van der Waals surface area contributed by atoms with Gasteiger partial charge in [0.25, 0.3) is 0 Å². The molecule has 0 saturated carbocycles. The molecule has 0 aliphatic carbocycles. The Balaban J connectivity index is 3.43. The Bertz CT molecular complexity index is 108. The first kappa shape index (κ1) is 9.47. The van der Waals surface area contributed by atoms with Crippen molar-refractivity contribution in [2.24, 2.45) is 11.8 Å². The molecule has 0 saturated heterocycles. The maximum absolute atomic E-state index is 10.2. The summed E-state index contributed by atoms with van der Waals surface area (Å²) in [5, 5.41) is 8.40. The summed E-state index contributed by atoms with van der Waals surface area (Å²) in [4.78, 5) is 10.2. The molecule has 0 amide bonds. The maximum Gasteiger partial charge on any atom is 0.303 e. The van der Waals surface area contributed by atoms with E-state index in [1.807, 2.05) is 6.92 Å². The summed E-state index contributed by atoms with van der Waals surface area (Å²) >= 11 is 0. The molecule has 1 N–H and O–H groups in total. The molecule has 60 valence electrons. The van der Waals surface area contributed by atoms with E-state index in [1.165, 1.54) is 0 Å². The summed E-state index contributed by atoms with van der Waals surface area (Å²) in [6.45, 7) is 6.20. The lowest BCUT2D eigenvalue weighted by molar-refractivity contribution is -0.138. The van der Waals surface area contributed by atoms with Crippen molar-refractivity contribution in [3.63, 3.8) is 0 Å². The molecule has 0 aromatic heterocycles.